The fourth-order valence-electron chi connectivity index (χ4n) is 3.25. The Morgan fingerprint density at radius 2 is 2.20 bits per heavy atom. The molecule has 1 aliphatic heterocycles. The molecular formula is C18H27N5O2. The van der Waals surface area contributed by atoms with Gasteiger partial charge in [0.15, 0.2) is 5.89 Å². The van der Waals surface area contributed by atoms with Gasteiger partial charge in [-0.2, -0.15) is 5.10 Å². The number of nitrogens with zero attached hydrogens (tertiary/aromatic N) is 4. The van der Waals surface area contributed by atoms with E-state index in [0.29, 0.717) is 30.3 Å². The lowest BCUT2D eigenvalue weighted by atomic mass is 10.3. The van der Waals surface area contributed by atoms with Crippen LogP contribution in [-0.4, -0.2) is 38.7 Å². The van der Waals surface area contributed by atoms with Gasteiger partial charge in [-0.25, -0.2) is 4.98 Å². The normalized spacial score (nSPS) is 15.0. The molecule has 0 aliphatic carbocycles. The predicted molar refractivity (Wildman–Crippen MR) is 94.2 cm³/mol. The first-order valence-electron chi connectivity index (χ1n) is 9.13. The third-order valence-corrected chi connectivity index (χ3v) is 4.46. The lowest BCUT2D eigenvalue weighted by molar-refractivity contribution is 0.0920. The summed E-state index contributed by atoms with van der Waals surface area (Å²) in [4.78, 5) is 19.0. The van der Waals surface area contributed by atoms with Gasteiger partial charge in [0.25, 0.3) is 5.91 Å². The van der Waals surface area contributed by atoms with Gasteiger partial charge in [0.1, 0.15) is 0 Å². The molecule has 1 N–H and O–H groups in total. The predicted octanol–water partition coefficient (Wildman–Crippen LogP) is 2.29. The van der Waals surface area contributed by atoms with Gasteiger partial charge >= 0.3 is 0 Å². The molecular weight excluding hydrogens is 318 g/mol. The van der Waals surface area contributed by atoms with E-state index in [1.54, 1.807) is 6.92 Å². The van der Waals surface area contributed by atoms with Gasteiger partial charge in [0, 0.05) is 26.1 Å². The summed E-state index contributed by atoms with van der Waals surface area (Å²) in [6.45, 7) is 10.4. The maximum Gasteiger partial charge on any atom is 0.289 e. The number of rotatable bonds is 6. The van der Waals surface area contributed by atoms with E-state index in [4.69, 9.17) is 4.42 Å². The fraction of sp³-hybridized carbons (Fsp3) is 0.611. The second-order valence-corrected chi connectivity index (χ2v) is 6.54. The smallest absolute Gasteiger partial charge is 0.289 e. The molecule has 7 nitrogen and oxygen atoms in total. The molecule has 3 rings (SSSR count). The van der Waals surface area contributed by atoms with Gasteiger partial charge in [-0.05, 0) is 32.4 Å². The van der Waals surface area contributed by atoms with Crippen LogP contribution in [0.5, 0.6) is 0 Å². The largest absolute Gasteiger partial charge is 0.435 e. The molecule has 0 aromatic carbocycles. The molecule has 0 radical (unpaired) electrons. The first kappa shape index (κ1) is 17.7. The van der Waals surface area contributed by atoms with Crippen molar-refractivity contribution in [3.63, 3.8) is 0 Å². The van der Waals surface area contributed by atoms with E-state index in [-0.39, 0.29) is 5.91 Å². The van der Waals surface area contributed by atoms with Crippen LogP contribution >= 0.6 is 0 Å². The molecule has 1 aliphatic rings. The Kier molecular flexibility index (Phi) is 5.53. The second-order valence-electron chi connectivity index (χ2n) is 6.54. The molecule has 0 saturated carbocycles. The highest BCUT2D eigenvalue weighted by Crippen LogP contribution is 2.15. The maximum atomic E-state index is 12.3. The second kappa shape index (κ2) is 7.82. The van der Waals surface area contributed by atoms with Crippen molar-refractivity contribution in [1.82, 2.24) is 25.0 Å². The first-order valence-corrected chi connectivity index (χ1v) is 9.13. The molecule has 3 heterocycles. The number of amides is 1. The van der Waals surface area contributed by atoms with Crippen molar-refractivity contribution in [3.8, 4) is 0 Å². The molecule has 0 bridgehead atoms. The zero-order chi connectivity index (χ0) is 17.8. The van der Waals surface area contributed by atoms with E-state index < -0.39 is 0 Å². The maximum absolute atomic E-state index is 12.3. The molecule has 0 atom stereocenters. The van der Waals surface area contributed by atoms with E-state index >= 15 is 0 Å². The lowest BCUT2D eigenvalue weighted by Crippen LogP contribution is -2.24. The minimum absolute atomic E-state index is 0.236. The van der Waals surface area contributed by atoms with Crippen LogP contribution in [0.1, 0.15) is 60.2 Å². The van der Waals surface area contributed by atoms with Crippen LogP contribution in [-0.2, 0) is 26.1 Å². The highest BCUT2D eigenvalue weighted by atomic mass is 16.4. The summed E-state index contributed by atoms with van der Waals surface area (Å²) < 4.78 is 7.57. The van der Waals surface area contributed by atoms with Crippen molar-refractivity contribution in [2.45, 2.75) is 59.7 Å². The number of nitrogens with one attached hydrogen (secondary N) is 1. The summed E-state index contributed by atoms with van der Waals surface area (Å²) in [5, 5.41) is 7.54. The molecule has 0 spiro atoms. The third kappa shape index (κ3) is 4.10. The van der Waals surface area contributed by atoms with Crippen LogP contribution in [0.2, 0.25) is 0 Å². The van der Waals surface area contributed by atoms with E-state index in [9.17, 15) is 4.79 Å². The van der Waals surface area contributed by atoms with Crippen LogP contribution in [0.15, 0.2) is 10.5 Å². The highest BCUT2D eigenvalue weighted by molar-refractivity contribution is 5.92. The summed E-state index contributed by atoms with van der Waals surface area (Å²) in [5.74, 6) is 0.652. The minimum atomic E-state index is -0.236. The number of carbonyl (C=O) groups excluding carboxylic acids is 1. The Morgan fingerprint density at radius 1 is 1.36 bits per heavy atom. The molecule has 1 amide bonds. The summed E-state index contributed by atoms with van der Waals surface area (Å²) in [7, 11) is 0. The zero-order valence-corrected chi connectivity index (χ0v) is 15.3. The van der Waals surface area contributed by atoms with E-state index in [0.717, 1.165) is 44.7 Å². The number of oxazole rings is 1. The monoisotopic (exact) mass is 345 g/mol. The molecule has 2 aromatic heterocycles. The molecule has 2 aromatic rings. The number of aryl methyl sites for hydroxylation is 3. The van der Waals surface area contributed by atoms with E-state index in [1.807, 2.05) is 6.92 Å². The topological polar surface area (TPSA) is 76.2 Å². The number of hydrogen-bond acceptors (Lipinski definition) is 5. The van der Waals surface area contributed by atoms with Crippen LogP contribution in [0, 0.1) is 6.92 Å². The molecule has 136 valence electrons. The van der Waals surface area contributed by atoms with Crippen molar-refractivity contribution in [2.75, 3.05) is 13.1 Å². The summed E-state index contributed by atoms with van der Waals surface area (Å²) >= 11 is 0. The van der Waals surface area contributed by atoms with Gasteiger partial charge in [-0.1, -0.05) is 13.8 Å². The Bertz CT molecular complexity index is 734. The van der Waals surface area contributed by atoms with Crippen molar-refractivity contribution in [2.24, 2.45) is 0 Å². The van der Waals surface area contributed by atoms with Gasteiger partial charge < -0.3 is 9.73 Å². The Labute approximate surface area is 148 Å². The third-order valence-electron chi connectivity index (χ3n) is 4.46. The van der Waals surface area contributed by atoms with Crippen molar-refractivity contribution < 1.29 is 9.21 Å². The number of fused-ring (bicyclic) bond motifs is 1. The van der Waals surface area contributed by atoms with E-state index in [2.05, 4.69) is 38.0 Å². The summed E-state index contributed by atoms with van der Waals surface area (Å²) in [5.41, 5.74) is 2.74. The quantitative estimate of drug-likeness (QED) is 0.869. The molecule has 25 heavy (non-hydrogen) atoms. The van der Waals surface area contributed by atoms with Gasteiger partial charge in [-0.15, -0.1) is 0 Å². The number of aromatic nitrogens is 3. The van der Waals surface area contributed by atoms with Crippen molar-refractivity contribution >= 4 is 5.91 Å². The average molecular weight is 345 g/mol. The van der Waals surface area contributed by atoms with Gasteiger partial charge in [0.2, 0.25) is 5.76 Å². The van der Waals surface area contributed by atoms with E-state index in [1.165, 1.54) is 5.69 Å². The first-order chi connectivity index (χ1) is 12.1. The standard InChI is InChI=1S/C18H27N5O2/c1-4-7-22-8-6-9-23-15(12-22)10-14(21-23)11-19-18(24)17-13(3)20-16(5-2)25-17/h10H,4-9,11-12H2,1-3H3,(H,19,24). The van der Waals surface area contributed by atoms with Crippen LogP contribution in [0.4, 0.5) is 0 Å². The van der Waals surface area contributed by atoms with Crippen molar-refractivity contribution in [3.05, 3.63) is 34.8 Å². The Balaban J connectivity index is 1.63. The summed E-state index contributed by atoms with van der Waals surface area (Å²) in [6, 6.07) is 2.10. The fourth-order valence-corrected chi connectivity index (χ4v) is 3.25. The SMILES string of the molecule is CCCN1CCCn2nc(CNC(=O)c3oc(CC)nc3C)cc2C1. The van der Waals surface area contributed by atoms with Crippen molar-refractivity contribution in [1.29, 1.82) is 0 Å². The van der Waals surface area contributed by atoms with Gasteiger partial charge in [-0.3, -0.25) is 14.4 Å². The lowest BCUT2D eigenvalue weighted by Gasteiger charge is -2.17. The van der Waals surface area contributed by atoms with Crippen LogP contribution in [0.3, 0.4) is 0 Å². The minimum Gasteiger partial charge on any atom is -0.435 e. The van der Waals surface area contributed by atoms with Crippen LogP contribution < -0.4 is 5.32 Å². The number of carbonyl (C=O) groups is 1. The number of hydrogen-bond donors (Lipinski definition) is 1. The highest BCUT2D eigenvalue weighted by Gasteiger charge is 2.19. The zero-order valence-electron chi connectivity index (χ0n) is 15.3. The average Bonchev–Trinajstić information content (AvgIpc) is 3.11. The van der Waals surface area contributed by atoms with Crippen LogP contribution in [0.25, 0.3) is 0 Å². The Morgan fingerprint density at radius 3 is 2.92 bits per heavy atom. The summed E-state index contributed by atoms with van der Waals surface area (Å²) in [6.07, 6.45) is 2.95. The molecule has 0 saturated heterocycles. The molecule has 0 fully saturated rings. The Hall–Kier alpha value is -2.15. The van der Waals surface area contributed by atoms with Gasteiger partial charge in [0.05, 0.1) is 23.6 Å². The molecule has 0 unspecified atom stereocenters. The molecule has 7 heteroatoms.